The van der Waals surface area contributed by atoms with Crippen molar-refractivity contribution in [1.29, 1.82) is 0 Å². The van der Waals surface area contributed by atoms with Gasteiger partial charge in [0.2, 0.25) is 0 Å². The lowest BCUT2D eigenvalue weighted by molar-refractivity contribution is -0.235. The van der Waals surface area contributed by atoms with Crippen LogP contribution in [0.4, 0.5) is 18.9 Å². The van der Waals surface area contributed by atoms with Gasteiger partial charge in [-0.3, -0.25) is 9.98 Å². The number of halogens is 3. The van der Waals surface area contributed by atoms with E-state index < -0.39 is 23.6 Å². The Kier molecular flexibility index (Phi) is 5.14. The minimum atomic E-state index is -4.85. The van der Waals surface area contributed by atoms with E-state index in [4.69, 9.17) is 0 Å². The molecule has 1 N–H and O–H groups in total. The normalized spacial score (nSPS) is 21.5. The summed E-state index contributed by atoms with van der Waals surface area (Å²) in [5, 5.41) is 12.3. The van der Waals surface area contributed by atoms with Crippen LogP contribution < -0.4 is 0 Å². The third-order valence-corrected chi connectivity index (χ3v) is 6.07. The Morgan fingerprint density at radius 3 is 2.73 bits per heavy atom. The molecule has 0 saturated heterocycles. The van der Waals surface area contributed by atoms with Crippen molar-refractivity contribution in [3.05, 3.63) is 72.1 Å². The molecule has 1 aromatic heterocycles. The van der Waals surface area contributed by atoms with E-state index >= 15 is 0 Å². The molecule has 30 heavy (non-hydrogen) atoms. The number of benzene rings is 2. The minimum Gasteiger partial charge on any atom is -0.376 e. The van der Waals surface area contributed by atoms with Crippen LogP contribution in [0.15, 0.2) is 65.9 Å². The number of aliphatic hydroxyl groups is 1. The first-order chi connectivity index (χ1) is 14.2. The summed E-state index contributed by atoms with van der Waals surface area (Å²) in [6, 6.07) is 14.4. The first-order valence-corrected chi connectivity index (χ1v) is 9.97. The zero-order valence-corrected chi connectivity index (χ0v) is 16.7. The van der Waals surface area contributed by atoms with E-state index in [-0.39, 0.29) is 0 Å². The van der Waals surface area contributed by atoms with Crippen LogP contribution in [-0.4, -0.2) is 28.1 Å². The number of rotatable bonds is 4. The second-order valence-corrected chi connectivity index (χ2v) is 8.30. The van der Waals surface area contributed by atoms with Crippen molar-refractivity contribution in [2.45, 2.75) is 49.8 Å². The number of hydrogen-bond donors (Lipinski definition) is 1. The third-order valence-electron chi connectivity index (χ3n) is 6.07. The van der Waals surface area contributed by atoms with Gasteiger partial charge in [-0.1, -0.05) is 43.3 Å². The number of pyridine rings is 1. The van der Waals surface area contributed by atoms with Gasteiger partial charge in [-0.2, -0.15) is 13.2 Å². The van der Waals surface area contributed by atoms with Gasteiger partial charge in [-0.05, 0) is 54.4 Å². The Balaban J connectivity index is 1.73. The molecule has 1 aliphatic rings. The Morgan fingerprint density at radius 1 is 1.13 bits per heavy atom. The molecular formula is C24H23F3N2O. The lowest BCUT2D eigenvalue weighted by Crippen LogP contribution is -2.51. The molecule has 0 radical (unpaired) electrons. The lowest BCUT2D eigenvalue weighted by atomic mass is 9.66. The Labute approximate surface area is 173 Å². The fourth-order valence-electron chi connectivity index (χ4n) is 4.52. The zero-order chi connectivity index (χ0) is 21.4. The van der Waals surface area contributed by atoms with Gasteiger partial charge in [0.05, 0.1) is 5.69 Å². The Bertz CT molecular complexity index is 1090. The largest absolute Gasteiger partial charge is 0.422 e. The van der Waals surface area contributed by atoms with E-state index in [0.717, 1.165) is 29.4 Å². The van der Waals surface area contributed by atoms with Crippen molar-refractivity contribution in [2.75, 3.05) is 0 Å². The maximum Gasteiger partial charge on any atom is 0.422 e. The van der Waals surface area contributed by atoms with Crippen molar-refractivity contribution < 1.29 is 18.3 Å². The summed E-state index contributed by atoms with van der Waals surface area (Å²) >= 11 is 0. The third kappa shape index (κ3) is 3.72. The summed E-state index contributed by atoms with van der Waals surface area (Å²) in [6.45, 7) is 1.80. The molecule has 1 heterocycles. The number of aromatic nitrogens is 1. The van der Waals surface area contributed by atoms with Gasteiger partial charge in [-0.25, -0.2) is 0 Å². The minimum absolute atomic E-state index is 0.367. The summed E-state index contributed by atoms with van der Waals surface area (Å²) in [7, 11) is 0. The van der Waals surface area contributed by atoms with Gasteiger partial charge in [-0.15, -0.1) is 0 Å². The number of fused-ring (bicyclic) bond motifs is 2. The molecule has 156 valence electrons. The highest BCUT2D eigenvalue weighted by atomic mass is 19.4. The van der Waals surface area contributed by atoms with Gasteiger partial charge in [0.15, 0.2) is 5.60 Å². The van der Waals surface area contributed by atoms with Gasteiger partial charge in [0, 0.05) is 29.4 Å². The van der Waals surface area contributed by atoms with Crippen LogP contribution in [-0.2, 0) is 11.8 Å². The number of aryl methyl sites for hydroxylation is 1. The van der Waals surface area contributed by atoms with Gasteiger partial charge in [0.1, 0.15) is 0 Å². The molecule has 1 aliphatic carbocycles. The highest BCUT2D eigenvalue weighted by molar-refractivity contribution is 5.93. The molecule has 2 atom stereocenters. The van der Waals surface area contributed by atoms with Crippen molar-refractivity contribution in [3.63, 3.8) is 0 Å². The van der Waals surface area contributed by atoms with Crippen molar-refractivity contribution in [3.8, 4) is 0 Å². The summed E-state index contributed by atoms with van der Waals surface area (Å²) in [5.74, 6) is 0. The molecule has 3 nitrogen and oxygen atoms in total. The molecule has 3 aromatic rings. The molecule has 2 aromatic carbocycles. The molecule has 0 aliphatic heterocycles. The van der Waals surface area contributed by atoms with Crippen LogP contribution >= 0.6 is 0 Å². The van der Waals surface area contributed by atoms with E-state index in [1.54, 1.807) is 37.5 Å². The second-order valence-electron chi connectivity index (χ2n) is 8.30. The number of aliphatic imine (C=N–C) groups is 1. The zero-order valence-electron chi connectivity index (χ0n) is 16.7. The average Bonchev–Trinajstić information content (AvgIpc) is 2.72. The summed E-state index contributed by atoms with van der Waals surface area (Å²) < 4.78 is 42.2. The molecule has 2 unspecified atom stereocenters. The van der Waals surface area contributed by atoms with E-state index in [1.807, 2.05) is 30.3 Å². The number of alkyl halides is 3. The fraction of sp³-hybridized carbons (Fsp3) is 0.333. The predicted octanol–water partition coefficient (Wildman–Crippen LogP) is 5.91. The average molecular weight is 412 g/mol. The SMILES string of the molecule is CC1(CC(O)(C=Nc2cccc3cnccc23)C(F)(F)F)CCCc2ccccc21. The molecule has 0 amide bonds. The monoisotopic (exact) mass is 412 g/mol. The topological polar surface area (TPSA) is 45.5 Å². The first-order valence-electron chi connectivity index (χ1n) is 9.97. The summed E-state index contributed by atoms with van der Waals surface area (Å²) in [4.78, 5) is 8.13. The first kappa shape index (κ1) is 20.5. The molecule has 4 rings (SSSR count). The smallest absolute Gasteiger partial charge is 0.376 e. The van der Waals surface area contributed by atoms with Crippen molar-refractivity contribution >= 4 is 22.7 Å². The lowest BCUT2D eigenvalue weighted by Gasteiger charge is -2.41. The van der Waals surface area contributed by atoms with E-state index in [9.17, 15) is 18.3 Å². The highest BCUT2D eigenvalue weighted by Gasteiger charge is 2.56. The molecule has 0 bridgehead atoms. The maximum absolute atomic E-state index is 14.1. The van der Waals surface area contributed by atoms with Crippen LogP contribution in [0.5, 0.6) is 0 Å². The molecule has 6 heteroatoms. The molecule has 0 saturated carbocycles. The summed E-state index contributed by atoms with van der Waals surface area (Å²) in [5.41, 5.74) is -1.54. The molecule has 0 fully saturated rings. The fourth-order valence-corrected chi connectivity index (χ4v) is 4.52. The van der Waals surface area contributed by atoms with Gasteiger partial charge < -0.3 is 5.11 Å². The van der Waals surface area contributed by atoms with Gasteiger partial charge >= 0.3 is 6.18 Å². The van der Waals surface area contributed by atoms with Crippen LogP contribution in [0.3, 0.4) is 0 Å². The molecule has 0 spiro atoms. The predicted molar refractivity (Wildman–Crippen MR) is 112 cm³/mol. The van der Waals surface area contributed by atoms with Crippen LogP contribution in [0.25, 0.3) is 10.8 Å². The van der Waals surface area contributed by atoms with E-state index in [1.165, 1.54) is 0 Å². The van der Waals surface area contributed by atoms with Crippen molar-refractivity contribution in [1.82, 2.24) is 4.98 Å². The quantitative estimate of drug-likeness (QED) is 0.541. The van der Waals surface area contributed by atoms with E-state index in [0.29, 0.717) is 23.7 Å². The summed E-state index contributed by atoms with van der Waals surface area (Å²) in [6.07, 6.45) is 0.750. The highest BCUT2D eigenvalue weighted by Crippen LogP contribution is 2.46. The van der Waals surface area contributed by atoms with Crippen LogP contribution in [0.1, 0.15) is 37.3 Å². The van der Waals surface area contributed by atoms with Crippen molar-refractivity contribution in [2.24, 2.45) is 4.99 Å². The standard InChI is InChI=1S/C24H23F3N2O/c1-22(12-5-8-17-6-2-3-9-20(17)22)15-23(30,24(25,26)27)16-29-21-10-4-7-18-14-28-13-11-19(18)21/h2-4,6-7,9-11,13-14,16,30H,5,8,12,15H2,1H3. The Morgan fingerprint density at radius 2 is 1.93 bits per heavy atom. The van der Waals surface area contributed by atoms with Crippen LogP contribution in [0, 0.1) is 0 Å². The number of nitrogens with zero attached hydrogens (tertiary/aromatic N) is 2. The van der Waals surface area contributed by atoms with Gasteiger partial charge in [0.25, 0.3) is 0 Å². The van der Waals surface area contributed by atoms with Crippen LogP contribution in [0.2, 0.25) is 0 Å². The molecular weight excluding hydrogens is 389 g/mol. The number of hydrogen-bond acceptors (Lipinski definition) is 3. The Hall–Kier alpha value is -2.73. The maximum atomic E-state index is 14.1. The van der Waals surface area contributed by atoms with E-state index in [2.05, 4.69) is 9.98 Å². The second kappa shape index (κ2) is 7.51.